The second-order valence-corrected chi connectivity index (χ2v) is 3.70. The van der Waals surface area contributed by atoms with E-state index in [4.69, 9.17) is 20.4 Å². The molecule has 0 saturated carbocycles. The topological polar surface area (TPSA) is 115 Å². The van der Waals surface area contributed by atoms with Crippen molar-refractivity contribution >= 4 is 11.9 Å². The fourth-order valence-electron chi connectivity index (χ4n) is 1.21. The maximum absolute atomic E-state index is 10.2. The summed E-state index contributed by atoms with van der Waals surface area (Å²) in [6.45, 7) is 0. The lowest BCUT2D eigenvalue weighted by molar-refractivity contribution is 0.0686. The van der Waals surface area contributed by atoms with Crippen LogP contribution in [0.15, 0.2) is 48.5 Å². The lowest BCUT2D eigenvalue weighted by atomic mass is 10.2. The van der Waals surface area contributed by atoms with E-state index in [1.54, 1.807) is 0 Å². The minimum atomic E-state index is -0.986. The van der Waals surface area contributed by atoms with E-state index in [0.29, 0.717) is 0 Å². The standard InChI is InChI=1S/2C7H6O3/c2*8-6-3-1-5(2-4-6)7(9)10/h2*1-4,8H,(H,9,10). The molecule has 0 amide bonds. The molecule has 0 aliphatic rings. The molecular formula is C14H12O6. The van der Waals surface area contributed by atoms with Crippen LogP contribution in [-0.4, -0.2) is 32.4 Å². The third-order valence-corrected chi connectivity index (χ3v) is 2.23. The zero-order valence-electron chi connectivity index (χ0n) is 10.2. The predicted molar refractivity (Wildman–Crippen MR) is 70.1 cm³/mol. The van der Waals surface area contributed by atoms with Crippen molar-refractivity contribution in [3.8, 4) is 11.5 Å². The van der Waals surface area contributed by atoms with E-state index < -0.39 is 11.9 Å². The molecule has 0 spiro atoms. The number of benzene rings is 2. The Labute approximate surface area is 114 Å². The summed E-state index contributed by atoms with van der Waals surface area (Å²) < 4.78 is 0. The van der Waals surface area contributed by atoms with Gasteiger partial charge in [0.2, 0.25) is 0 Å². The minimum Gasteiger partial charge on any atom is -0.508 e. The van der Waals surface area contributed by atoms with Gasteiger partial charge in [-0.2, -0.15) is 0 Å². The van der Waals surface area contributed by atoms with Crippen LogP contribution in [0, 0.1) is 0 Å². The van der Waals surface area contributed by atoms with Crippen LogP contribution in [0.3, 0.4) is 0 Å². The Morgan fingerprint density at radius 1 is 0.600 bits per heavy atom. The maximum atomic E-state index is 10.2. The predicted octanol–water partition coefficient (Wildman–Crippen LogP) is 2.18. The highest BCUT2D eigenvalue weighted by atomic mass is 16.4. The van der Waals surface area contributed by atoms with E-state index in [1.165, 1.54) is 48.5 Å². The molecule has 2 aromatic rings. The van der Waals surface area contributed by atoms with Crippen LogP contribution in [0.5, 0.6) is 11.5 Å². The van der Waals surface area contributed by atoms with Crippen LogP contribution in [-0.2, 0) is 0 Å². The molecule has 0 saturated heterocycles. The first-order chi connectivity index (χ1) is 9.40. The van der Waals surface area contributed by atoms with Gasteiger partial charge in [-0.05, 0) is 48.5 Å². The van der Waals surface area contributed by atoms with Crippen molar-refractivity contribution in [2.75, 3.05) is 0 Å². The molecule has 2 aromatic carbocycles. The van der Waals surface area contributed by atoms with Crippen molar-refractivity contribution in [3.05, 3.63) is 59.7 Å². The van der Waals surface area contributed by atoms with Crippen LogP contribution in [0.4, 0.5) is 0 Å². The van der Waals surface area contributed by atoms with Gasteiger partial charge >= 0.3 is 11.9 Å². The van der Waals surface area contributed by atoms with Gasteiger partial charge in [0.25, 0.3) is 0 Å². The molecule has 0 aromatic heterocycles. The van der Waals surface area contributed by atoms with Gasteiger partial charge in [-0.3, -0.25) is 0 Å². The van der Waals surface area contributed by atoms with Gasteiger partial charge in [-0.25, -0.2) is 9.59 Å². The van der Waals surface area contributed by atoms with E-state index in [2.05, 4.69) is 0 Å². The Bertz CT molecular complexity index is 531. The zero-order valence-corrected chi connectivity index (χ0v) is 10.2. The van der Waals surface area contributed by atoms with Crippen LogP contribution in [0.25, 0.3) is 0 Å². The molecule has 6 heteroatoms. The van der Waals surface area contributed by atoms with Crippen molar-refractivity contribution in [3.63, 3.8) is 0 Å². The molecule has 104 valence electrons. The molecule has 2 rings (SSSR count). The van der Waals surface area contributed by atoms with Gasteiger partial charge in [0.1, 0.15) is 11.5 Å². The summed E-state index contributed by atoms with van der Waals surface area (Å²) in [6.07, 6.45) is 0. The molecule has 0 aliphatic carbocycles. The van der Waals surface area contributed by atoms with Crippen molar-refractivity contribution in [1.82, 2.24) is 0 Å². The van der Waals surface area contributed by atoms with Gasteiger partial charge < -0.3 is 20.4 Å². The van der Waals surface area contributed by atoms with E-state index in [9.17, 15) is 9.59 Å². The maximum Gasteiger partial charge on any atom is 0.335 e. The Kier molecular flexibility index (Phi) is 5.11. The van der Waals surface area contributed by atoms with E-state index >= 15 is 0 Å². The summed E-state index contributed by atoms with van der Waals surface area (Å²) in [5.41, 5.74) is 0.357. The summed E-state index contributed by atoms with van der Waals surface area (Å²) >= 11 is 0. The highest BCUT2D eigenvalue weighted by molar-refractivity contribution is 5.88. The number of carboxylic acid groups (broad SMARTS) is 2. The number of hydrogen-bond acceptors (Lipinski definition) is 4. The van der Waals surface area contributed by atoms with Crippen LogP contribution in [0.1, 0.15) is 20.7 Å². The minimum absolute atomic E-state index is 0.0741. The monoisotopic (exact) mass is 276 g/mol. The van der Waals surface area contributed by atoms with Gasteiger partial charge in [0, 0.05) is 0 Å². The van der Waals surface area contributed by atoms with Crippen molar-refractivity contribution in [2.45, 2.75) is 0 Å². The number of carboxylic acids is 2. The van der Waals surface area contributed by atoms with Crippen LogP contribution in [0.2, 0.25) is 0 Å². The molecule has 0 bridgehead atoms. The van der Waals surface area contributed by atoms with Crippen molar-refractivity contribution in [1.29, 1.82) is 0 Å². The lowest BCUT2D eigenvalue weighted by Gasteiger charge is -1.92. The van der Waals surface area contributed by atoms with Gasteiger partial charge in [-0.15, -0.1) is 0 Å². The highest BCUT2D eigenvalue weighted by Gasteiger charge is 2.00. The van der Waals surface area contributed by atoms with Gasteiger partial charge in [0.05, 0.1) is 11.1 Å². The molecule has 0 radical (unpaired) electrons. The number of phenols is 2. The first-order valence-electron chi connectivity index (χ1n) is 5.45. The van der Waals surface area contributed by atoms with Gasteiger partial charge in [0.15, 0.2) is 0 Å². The lowest BCUT2D eigenvalue weighted by Crippen LogP contribution is -1.93. The largest absolute Gasteiger partial charge is 0.508 e. The third-order valence-electron chi connectivity index (χ3n) is 2.23. The molecule has 6 nitrogen and oxygen atoms in total. The molecule has 20 heavy (non-hydrogen) atoms. The average molecular weight is 276 g/mol. The molecular weight excluding hydrogens is 264 g/mol. The first kappa shape index (κ1) is 15.0. The molecule has 0 fully saturated rings. The molecule has 0 heterocycles. The molecule has 0 aliphatic heterocycles. The number of aromatic hydroxyl groups is 2. The first-order valence-corrected chi connectivity index (χ1v) is 5.45. The summed E-state index contributed by atoms with van der Waals surface area (Å²) in [4.78, 5) is 20.5. The second kappa shape index (κ2) is 6.79. The molecule has 4 N–H and O–H groups in total. The normalized spacial score (nSPS) is 9.20. The highest BCUT2D eigenvalue weighted by Crippen LogP contribution is 2.09. The Balaban J connectivity index is 0.000000200. The molecule has 0 atom stereocenters. The fourth-order valence-corrected chi connectivity index (χ4v) is 1.21. The number of carbonyl (C=O) groups is 2. The number of rotatable bonds is 2. The van der Waals surface area contributed by atoms with Crippen molar-refractivity contribution < 1.29 is 30.0 Å². The quantitative estimate of drug-likeness (QED) is 0.668. The third kappa shape index (κ3) is 4.69. The summed E-state index contributed by atoms with van der Waals surface area (Å²) in [7, 11) is 0. The van der Waals surface area contributed by atoms with Crippen LogP contribution >= 0.6 is 0 Å². The zero-order chi connectivity index (χ0) is 15.1. The second-order valence-electron chi connectivity index (χ2n) is 3.70. The van der Waals surface area contributed by atoms with Crippen molar-refractivity contribution in [2.24, 2.45) is 0 Å². The number of aromatic carboxylic acids is 2. The Morgan fingerprint density at radius 2 is 0.850 bits per heavy atom. The van der Waals surface area contributed by atoms with Crippen LogP contribution < -0.4 is 0 Å². The van der Waals surface area contributed by atoms with Gasteiger partial charge in [-0.1, -0.05) is 0 Å². The smallest absolute Gasteiger partial charge is 0.335 e. The number of phenolic OH excluding ortho intramolecular Hbond substituents is 2. The summed E-state index contributed by atoms with van der Waals surface area (Å²) in [5.74, 6) is -1.82. The molecule has 0 unspecified atom stereocenters. The Morgan fingerprint density at radius 3 is 1.05 bits per heavy atom. The van der Waals surface area contributed by atoms with E-state index in [1.807, 2.05) is 0 Å². The summed E-state index contributed by atoms with van der Waals surface area (Å²) in [5, 5.41) is 34.3. The fraction of sp³-hybridized carbons (Fsp3) is 0. The Hall–Kier alpha value is -3.02. The summed E-state index contributed by atoms with van der Waals surface area (Å²) in [6, 6.07) is 10.7. The SMILES string of the molecule is O=C(O)c1ccc(O)cc1.O=C(O)c1ccc(O)cc1. The average Bonchev–Trinajstić information content (AvgIpc) is 2.40. The number of hydrogen-bond donors (Lipinski definition) is 4. The van der Waals surface area contributed by atoms with E-state index in [0.717, 1.165) is 0 Å². The van der Waals surface area contributed by atoms with E-state index in [-0.39, 0.29) is 22.6 Å².